The van der Waals surface area contributed by atoms with Gasteiger partial charge in [0.25, 0.3) is 11.8 Å². The molecule has 8 heteroatoms. The van der Waals surface area contributed by atoms with Crippen molar-refractivity contribution in [1.29, 1.82) is 0 Å². The maximum Gasteiger partial charge on any atom is 0.259 e. The van der Waals surface area contributed by atoms with E-state index in [9.17, 15) is 14.0 Å². The van der Waals surface area contributed by atoms with E-state index >= 15 is 0 Å². The van der Waals surface area contributed by atoms with Crippen LogP contribution in [0.15, 0.2) is 36.4 Å². The molecule has 0 spiro atoms. The van der Waals surface area contributed by atoms with E-state index in [0.717, 1.165) is 0 Å². The summed E-state index contributed by atoms with van der Waals surface area (Å²) in [7, 11) is 1.42. The minimum absolute atomic E-state index is 0.0248. The van der Waals surface area contributed by atoms with Gasteiger partial charge in [0.1, 0.15) is 11.4 Å². The van der Waals surface area contributed by atoms with Crippen molar-refractivity contribution in [3.63, 3.8) is 0 Å². The molecule has 0 saturated carbocycles. The van der Waals surface area contributed by atoms with Crippen molar-refractivity contribution in [2.75, 3.05) is 33.3 Å². The van der Waals surface area contributed by atoms with Crippen LogP contribution in [0.3, 0.4) is 0 Å². The Kier molecular flexibility index (Phi) is 5.87. The fourth-order valence-corrected chi connectivity index (χ4v) is 3.47. The van der Waals surface area contributed by atoms with Gasteiger partial charge in [-0.3, -0.25) is 9.59 Å². The largest absolute Gasteiger partial charge is 0.494 e. The maximum absolute atomic E-state index is 13.8. The van der Waals surface area contributed by atoms with Crippen LogP contribution in [0.1, 0.15) is 20.7 Å². The second-order valence-electron chi connectivity index (χ2n) is 6.00. The van der Waals surface area contributed by atoms with E-state index in [1.807, 2.05) is 0 Å². The number of halogens is 3. The molecule has 1 aliphatic heterocycles. The first-order valence-electron chi connectivity index (χ1n) is 8.29. The maximum atomic E-state index is 13.8. The number of hydrogen-bond donors (Lipinski definition) is 0. The van der Waals surface area contributed by atoms with Crippen LogP contribution < -0.4 is 4.74 Å². The molecule has 5 nitrogen and oxygen atoms in total. The Labute approximate surface area is 166 Å². The third-order valence-corrected chi connectivity index (χ3v) is 5.05. The lowest BCUT2D eigenvalue weighted by Crippen LogP contribution is -2.50. The highest BCUT2D eigenvalue weighted by molar-refractivity contribution is 6.37. The molecule has 1 saturated heterocycles. The third kappa shape index (κ3) is 3.87. The second-order valence-corrected chi connectivity index (χ2v) is 6.82. The molecular formula is C19H17Cl2FN2O3. The Morgan fingerprint density at radius 1 is 0.926 bits per heavy atom. The SMILES string of the molecule is COc1c(Cl)ccc(Cl)c1C(=O)N1CCN(C(=O)c2ccccc2F)CC1. The molecule has 2 aromatic rings. The Morgan fingerprint density at radius 2 is 1.48 bits per heavy atom. The van der Waals surface area contributed by atoms with Gasteiger partial charge in [-0.2, -0.15) is 0 Å². The highest BCUT2D eigenvalue weighted by Gasteiger charge is 2.29. The molecule has 2 aromatic carbocycles. The summed E-state index contributed by atoms with van der Waals surface area (Å²) in [5.74, 6) is -1.05. The topological polar surface area (TPSA) is 49.9 Å². The number of piperazine rings is 1. The van der Waals surface area contributed by atoms with Gasteiger partial charge in [-0.15, -0.1) is 0 Å². The summed E-state index contributed by atoms with van der Waals surface area (Å²) in [6.07, 6.45) is 0. The molecule has 1 heterocycles. The average molecular weight is 411 g/mol. The first kappa shape index (κ1) is 19.5. The van der Waals surface area contributed by atoms with Gasteiger partial charge >= 0.3 is 0 Å². The quantitative estimate of drug-likeness (QED) is 0.774. The lowest BCUT2D eigenvalue weighted by molar-refractivity contribution is 0.0531. The lowest BCUT2D eigenvalue weighted by Gasteiger charge is -2.35. The Bertz CT molecular complexity index is 883. The molecule has 0 N–H and O–H groups in total. The Balaban J connectivity index is 1.73. The van der Waals surface area contributed by atoms with Crippen molar-refractivity contribution < 1.29 is 18.7 Å². The second kappa shape index (κ2) is 8.15. The van der Waals surface area contributed by atoms with Crippen molar-refractivity contribution in [2.24, 2.45) is 0 Å². The zero-order chi connectivity index (χ0) is 19.6. The summed E-state index contributed by atoms with van der Waals surface area (Å²) in [6, 6.07) is 8.95. The number of carbonyl (C=O) groups excluding carboxylic acids is 2. The van der Waals surface area contributed by atoms with E-state index in [0.29, 0.717) is 31.2 Å². The van der Waals surface area contributed by atoms with Crippen molar-refractivity contribution >= 4 is 35.0 Å². The van der Waals surface area contributed by atoms with Gasteiger partial charge in [-0.1, -0.05) is 35.3 Å². The summed E-state index contributed by atoms with van der Waals surface area (Å²) in [5.41, 5.74) is 0.220. The molecule has 142 valence electrons. The Hall–Kier alpha value is -2.31. The summed E-state index contributed by atoms with van der Waals surface area (Å²) in [4.78, 5) is 28.5. The molecular weight excluding hydrogens is 394 g/mol. The number of amides is 2. The van der Waals surface area contributed by atoms with Crippen LogP contribution in [0.5, 0.6) is 5.75 Å². The number of nitrogens with zero attached hydrogens (tertiary/aromatic N) is 2. The van der Waals surface area contributed by atoms with Crippen LogP contribution in [0, 0.1) is 5.82 Å². The van der Waals surface area contributed by atoms with Gasteiger partial charge in [-0.05, 0) is 24.3 Å². The molecule has 0 radical (unpaired) electrons. The minimum Gasteiger partial charge on any atom is -0.494 e. The molecule has 2 amide bonds. The third-order valence-electron chi connectivity index (χ3n) is 4.44. The number of carbonyl (C=O) groups is 2. The van der Waals surface area contributed by atoms with E-state index < -0.39 is 11.7 Å². The number of ether oxygens (including phenoxy) is 1. The normalized spacial score (nSPS) is 14.2. The molecule has 3 rings (SSSR count). The van der Waals surface area contributed by atoms with E-state index in [2.05, 4.69) is 0 Å². The molecule has 27 heavy (non-hydrogen) atoms. The van der Waals surface area contributed by atoms with E-state index in [-0.39, 0.29) is 27.8 Å². The van der Waals surface area contributed by atoms with Crippen LogP contribution in [-0.4, -0.2) is 54.9 Å². The summed E-state index contributed by atoms with van der Waals surface area (Å²) in [5, 5.41) is 0.532. The van der Waals surface area contributed by atoms with Gasteiger partial charge in [0, 0.05) is 26.2 Å². The van der Waals surface area contributed by atoms with E-state index in [4.69, 9.17) is 27.9 Å². The molecule has 0 aliphatic carbocycles. The van der Waals surface area contributed by atoms with Crippen LogP contribution in [0.2, 0.25) is 10.0 Å². The molecule has 0 unspecified atom stereocenters. The van der Waals surface area contributed by atoms with Crippen LogP contribution in [-0.2, 0) is 0 Å². The van der Waals surface area contributed by atoms with E-state index in [1.165, 1.54) is 36.3 Å². The molecule has 0 bridgehead atoms. The molecule has 1 fully saturated rings. The van der Waals surface area contributed by atoms with Gasteiger partial charge in [0.15, 0.2) is 5.75 Å². The fourth-order valence-electron chi connectivity index (χ4n) is 3.01. The number of hydrogen-bond acceptors (Lipinski definition) is 3. The Morgan fingerprint density at radius 3 is 2.07 bits per heavy atom. The van der Waals surface area contributed by atoms with Crippen LogP contribution in [0.4, 0.5) is 4.39 Å². The zero-order valence-electron chi connectivity index (χ0n) is 14.5. The number of methoxy groups -OCH3 is 1. The van der Waals surface area contributed by atoms with E-state index in [1.54, 1.807) is 17.0 Å². The van der Waals surface area contributed by atoms with Gasteiger partial charge in [0.05, 0.1) is 22.7 Å². The van der Waals surface area contributed by atoms with Crippen molar-refractivity contribution in [3.05, 3.63) is 63.4 Å². The summed E-state index contributed by atoms with van der Waals surface area (Å²) < 4.78 is 19.1. The lowest BCUT2D eigenvalue weighted by atomic mass is 10.1. The highest BCUT2D eigenvalue weighted by atomic mass is 35.5. The standard InChI is InChI=1S/C19H17Cl2FN2O3/c1-27-17-14(21)7-6-13(20)16(17)19(26)24-10-8-23(9-11-24)18(25)12-4-2-3-5-15(12)22/h2-7H,8-11H2,1H3. The molecule has 1 aliphatic rings. The fraction of sp³-hybridized carbons (Fsp3) is 0.263. The number of benzene rings is 2. The van der Waals surface area contributed by atoms with Crippen LogP contribution in [0.25, 0.3) is 0 Å². The van der Waals surface area contributed by atoms with Gasteiger partial charge in [-0.25, -0.2) is 4.39 Å². The summed E-state index contributed by atoms with van der Waals surface area (Å²) >= 11 is 12.3. The smallest absolute Gasteiger partial charge is 0.259 e. The first-order chi connectivity index (χ1) is 12.9. The van der Waals surface area contributed by atoms with Crippen molar-refractivity contribution in [1.82, 2.24) is 9.80 Å². The van der Waals surface area contributed by atoms with Crippen LogP contribution >= 0.6 is 23.2 Å². The van der Waals surface area contributed by atoms with Crippen molar-refractivity contribution in [3.8, 4) is 5.75 Å². The zero-order valence-corrected chi connectivity index (χ0v) is 16.1. The van der Waals surface area contributed by atoms with Gasteiger partial charge in [0.2, 0.25) is 0 Å². The molecule has 0 atom stereocenters. The number of rotatable bonds is 3. The monoisotopic (exact) mass is 410 g/mol. The molecule has 0 aromatic heterocycles. The van der Waals surface area contributed by atoms with Crippen molar-refractivity contribution in [2.45, 2.75) is 0 Å². The minimum atomic E-state index is -0.559. The highest BCUT2D eigenvalue weighted by Crippen LogP contribution is 2.34. The predicted molar refractivity (Wildman–Crippen MR) is 101 cm³/mol. The average Bonchev–Trinajstić information content (AvgIpc) is 2.69. The predicted octanol–water partition coefficient (Wildman–Crippen LogP) is 3.74. The van der Waals surface area contributed by atoms with Gasteiger partial charge < -0.3 is 14.5 Å². The summed E-state index contributed by atoms with van der Waals surface area (Å²) in [6.45, 7) is 1.18. The first-order valence-corrected chi connectivity index (χ1v) is 9.04.